The van der Waals surface area contributed by atoms with Gasteiger partial charge in [-0.1, -0.05) is 45.7 Å². The van der Waals surface area contributed by atoms with Gasteiger partial charge in [0.25, 0.3) is 0 Å². The van der Waals surface area contributed by atoms with Gasteiger partial charge in [0.2, 0.25) is 0 Å². The van der Waals surface area contributed by atoms with Gasteiger partial charge in [-0.2, -0.15) is 5.10 Å². The maximum absolute atomic E-state index is 6.15. The molecule has 2 heterocycles. The Morgan fingerprint density at radius 3 is 2.82 bits per heavy atom. The largest absolute Gasteiger partial charge is 0.228 e. The number of hydrogen-bond acceptors (Lipinski definition) is 2. The van der Waals surface area contributed by atoms with E-state index >= 15 is 0 Å². The van der Waals surface area contributed by atoms with Crippen LogP contribution in [0, 0.1) is 0 Å². The molecule has 0 bridgehead atoms. The Balaban J connectivity index is 2.28. The number of hydrogen-bond donors (Lipinski definition) is 0. The van der Waals surface area contributed by atoms with Crippen molar-refractivity contribution in [3.8, 4) is 11.3 Å². The van der Waals surface area contributed by atoms with Crippen LogP contribution in [0.4, 0.5) is 0 Å². The predicted molar refractivity (Wildman–Crippen MR) is 71.1 cm³/mol. The second-order valence-corrected chi connectivity index (χ2v) is 4.79. The average molecular weight is 309 g/mol. The van der Waals surface area contributed by atoms with Gasteiger partial charge in [0.05, 0.1) is 11.9 Å². The van der Waals surface area contributed by atoms with E-state index in [1.807, 2.05) is 36.4 Å². The van der Waals surface area contributed by atoms with Crippen LogP contribution >= 0.6 is 27.5 Å². The summed E-state index contributed by atoms with van der Waals surface area (Å²) in [7, 11) is 0. The minimum atomic E-state index is 0.547. The number of halogens is 2. The Labute approximate surface area is 111 Å². The fourth-order valence-electron chi connectivity index (χ4n) is 1.68. The maximum atomic E-state index is 6.15. The van der Waals surface area contributed by atoms with E-state index in [2.05, 4.69) is 26.0 Å². The quantitative estimate of drug-likeness (QED) is 0.640. The molecule has 3 aromatic rings. The van der Waals surface area contributed by atoms with Gasteiger partial charge in [0, 0.05) is 22.2 Å². The summed E-state index contributed by atoms with van der Waals surface area (Å²) in [4.78, 5) is 4.51. The molecule has 0 aliphatic heterocycles. The third-order valence-corrected chi connectivity index (χ3v) is 3.43. The molecule has 3 nitrogen and oxygen atoms in total. The van der Waals surface area contributed by atoms with Crippen LogP contribution in [0.2, 0.25) is 5.15 Å². The fourth-order valence-corrected chi connectivity index (χ4v) is 2.40. The van der Waals surface area contributed by atoms with Crippen molar-refractivity contribution < 1.29 is 0 Å². The minimum absolute atomic E-state index is 0.547. The third-order valence-electron chi connectivity index (χ3n) is 2.47. The minimum Gasteiger partial charge on any atom is -0.228 e. The second-order valence-electron chi connectivity index (χ2n) is 3.55. The second kappa shape index (κ2) is 4.13. The Kier molecular flexibility index (Phi) is 2.61. The lowest BCUT2D eigenvalue weighted by Gasteiger charge is -2.05. The molecular weight excluding hydrogens is 302 g/mol. The molecule has 1 aromatic carbocycles. The van der Waals surface area contributed by atoms with Gasteiger partial charge in [0.1, 0.15) is 5.15 Å². The smallest absolute Gasteiger partial charge is 0.157 e. The summed E-state index contributed by atoms with van der Waals surface area (Å²) in [5, 5.41) is 4.63. The van der Waals surface area contributed by atoms with Crippen molar-refractivity contribution >= 4 is 33.2 Å². The van der Waals surface area contributed by atoms with E-state index in [9.17, 15) is 0 Å². The summed E-state index contributed by atoms with van der Waals surface area (Å²) >= 11 is 9.66. The standard InChI is InChI=1S/C12H7BrClN3/c13-9-4-2-1-3-8(9)10-7-11(14)17-12(16-10)5-6-15-17/h1-7H. The first-order valence-corrected chi connectivity index (χ1v) is 6.18. The van der Waals surface area contributed by atoms with Crippen LogP contribution in [0.25, 0.3) is 16.9 Å². The van der Waals surface area contributed by atoms with Crippen molar-refractivity contribution in [2.45, 2.75) is 0 Å². The molecule has 2 aromatic heterocycles. The highest BCUT2D eigenvalue weighted by Gasteiger charge is 2.08. The molecule has 0 unspecified atom stereocenters. The summed E-state index contributed by atoms with van der Waals surface area (Å²) in [5.41, 5.74) is 2.58. The molecule has 0 amide bonds. The van der Waals surface area contributed by atoms with E-state index in [0.717, 1.165) is 21.4 Å². The van der Waals surface area contributed by atoms with Crippen molar-refractivity contribution in [2.75, 3.05) is 0 Å². The Morgan fingerprint density at radius 2 is 2.00 bits per heavy atom. The van der Waals surface area contributed by atoms with E-state index < -0.39 is 0 Å². The zero-order valence-electron chi connectivity index (χ0n) is 8.64. The highest BCUT2D eigenvalue weighted by Crippen LogP contribution is 2.28. The molecule has 84 valence electrons. The molecule has 0 atom stereocenters. The van der Waals surface area contributed by atoms with Gasteiger partial charge in [-0.15, -0.1) is 0 Å². The van der Waals surface area contributed by atoms with Crippen LogP contribution in [-0.2, 0) is 0 Å². The molecule has 5 heteroatoms. The zero-order chi connectivity index (χ0) is 11.8. The van der Waals surface area contributed by atoms with E-state index in [4.69, 9.17) is 11.6 Å². The number of benzene rings is 1. The van der Waals surface area contributed by atoms with Gasteiger partial charge >= 0.3 is 0 Å². The van der Waals surface area contributed by atoms with E-state index in [1.165, 1.54) is 0 Å². The molecule has 0 N–H and O–H groups in total. The highest BCUT2D eigenvalue weighted by molar-refractivity contribution is 9.10. The molecule has 0 saturated heterocycles. The van der Waals surface area contributed by atoms with Crippen molar-refractivity contribution in [1.29, 1.82) is 0 Å². The van der Waals surface area contributed by atoms with Crippen LogP contribution in [0.1, 0.15) is 0 Å². The van der Waals surface area contributed by atoms with E-state index in [0.29, 0.717) is 5.15 Å². The Bertz CT molecular complexity index is 693. The van der Waals surface area contributed by atoms with Crippen LogP contribution in [0.15, 0.2) is 47.1 Å². The van der Waals surface area contributed by atoms with Crippen LogP contribution in [0.3, 0.4) is 0 Å². The fraction of sp³-hybridized carbons (Fsp3) is 0. The molecule has 17 heavy (non-hydrogen) atoms. The first kappa shape index (κ1) is 10.7. The van der Waals surface area contributed by atoms with Crippen molar-refractivity contribution in [1.82, 2.24) is 14.6 Å². The molecular formula is C12H7BrClN3. The number of fused-ring (bicyclic) bond motifs is 1. The molecule has 0 fully saturated rings. The zero-order valence-corrected chi connectivity index (χ0v) is 11.0. The highest BCUT2D eigenvalue weighted by atomic mass is 79.9. The Hall–Kier alpha value is -1.39. The van der Waals surface area contributed by atoms with Crippen LogP contribution in [0.5, 0.6) is 0 Å². The Morgan fingerprint density at radius 1 is 1.18 bits per heavy atom. The van der Waals surface area contributed by atoms with E-state index in [-0.39, 0.29) is 0 Å². The van der Waals surface area contributed by atoms with Crippen LogP contribution in [-0.4, -0.2) is 14.6 Å². The van der Waals surface area contributed by atoms with Crippen molar-refractivity contribution in [3.05, 3.63) is 52.2 Å². The summed E-state index contributed by atoms with van der Waals surface area (Å²) in [6, 6.07) is 11.5. The first-order chi connectivity index (χ1) is 8.25. The van der Waals surface area contributed by atoms with Gasteiger partial charge < -0.3 is 0 Å². The number of nitrogens with zero attached hydrogens (tertiary/aromatic N) is 3. The SMILES string of the molecule is Clc1cc(-c2ccccc2Br)nc2ccnn12. The number of aromatic nitrogens is 3. The monoisotopic (exact) mass is 307 g/mol. The number of rotatable bonds is 1. The normalized spacial score (nSPS) is 10.9. The topological polar surface area (TPSA) is 30.2 Å². The average Bonchev–Trinajstić information content (AvgIpc) is 2.78. The summed E-state index contributed by atoms with van der Waals surface area (Å²) in [6.07, 6.45) is 1.68. The van der Waals surface area contributed by atoms with E-state index in [1.54, 1.807) is 10.7 Å². The van der Waals surface area contributed by atoms with Crippen molar-refractivity contribution in [2.24, 2.45) is 0 Å². The lowest BCUT2D eigenvalue weighted by molar-refractivity contribution is 0.941. The lowest BCUT2D eigenvalue weighted by Crippen LogP contribution is -1.94. The molecule has 3 rings (SSSR count). The first-order valence-electron chi connectivity index (χ1n) is 5.01. The molecule has 0 spiro atoms. The van der Waals surface area contributed by atoms with Crippen LogP contribution < -0.4 is 0 Å². The molecule has 0 aliphatic carbocycles. The summed E-state index contributed by atoms with van der Waals surface area (Å²) < 4.78 is 2.59. The lowest BCUT2D eigenvalue weighted by atomic mass is 10.1. The van der Waals surface area contributed by atoms with Gasteiger partial charge in [-0.05, 0) is 6.07 Å². The van der Waals surface area contributed by atoms with Gasteiger partial charge in [-0.25, -0.2) is 9.50 Å². The van der Waals surface area contributed by atoms with Gasteiger partial charge in [0.15, 0.2) is 5.65 Å². The molecule has 0 aliphatic rings. The summed E-state index contributed by atoms with van der Waals surface area (Å²) in [6.45, 7) is 0. The molecule has 0 radical (unpaired) electrons. The molecule has 0 saturated carbocycles. The predicted octanol–water partition coefficient (Wildman–Crippen LogP) is 3.81. The van der Waals surface area contributed by atoms with Crippen molar-refractivity contribution in [3.63, 3.8) is 0 Å². The van der Waals surface area contributed by atoms with Gasteiger partial charge in [-0.3, -0.25) is 0 Å². The summed E-state index contributed by atoms with van der Waals surface area (Å²) in [5.74, 6) is 0. The third kappa shape index (κ3) is 1.83. The maximum Gasteiger partial charge on any atom is 0.157 e.